The smallest absolute Gasteiger partial charge is 0.0547 e. The number of fused-ring (bicyclic) bond motifs is 7. The van der Waals surface area contributed by atoms with E-state index in [1.807, 2.05) is 11.8 Å². The highest BCUT2D eigenvalue weighted by atomic mass is 32.2. The second kappa shape index (κ2) is 9.09. The molecule has 44 heavy (non-hydrogen) atoms. The third-order valence-corrected chi connectivity index (χ3v) is 10.5. The summed E-state index contributed by atoms with van der Waals surface area (Å²) in [5.41, 5.74) is 8.76. The number of nitrogens with zero attached hydrogens (tertiary/aromatic N) is 1. The minimum absolute atomic E-state index is 1.17. The molecule has 2 heterocycles. The van der Waals surface area contributed by atoms with Crippen LogP contribution in [0.5, 0.6) is 0 Å². The van der Waals surface area contributed by atoms with Crippen LogP contribution in [0, 0.1) is 0 Å². The minimum atomic E-state index is 1.17. The number of hydrogen-bond donors (Lipinski definition) is 0. The molecular formula is C42H25NS. The van der Waals surface area contributed by atoms with Crippen molar-refractivity contribution in [1.82, 2.24) is 4.57 Å². The first-order valence-corrected chi connectivity index (χ1v) is 15.9. The zero-order valence-corrected chi connectivity index (χ0v) is 24.6. The van der Waals surface area contributed by atoms with Crippen LogP contribution in [0.4, 0.5) is 0 Å². The van der Waals surface area contributed by atoms with Crippen LogP contribution in [0.25, 0.3) is 82.1 Å². The molecule has 0 saturated heterocycles. The first-order valence-electron chi connectivity index (χ1n) is 15.1. The molecular weight excluding hydrogens is 551 g/mol. The first-order chi connectivity index (χ1) is 21.8. The molecule has 0 amide bonds. The van der Waals surface area contributed by atoms with Crippen LogP contribution < -0.4 is 0 Å². The van der Waals surface area contributed by atoms with Crippen LogP contribution in [0.2, 0.25) is 0 Å². The second-order valence-electron chi connectivity index (χ2n) is 11.8. The van der Waals surface area contributed by atoms with Gasteiger partial charge < -0.3 is 4.57 Å². The maximum Gasteiger partial charge on any atom is 0.0547 e. The Bertz CT molecular complexity index is 2530. The standard InChI is InChI=1S/C42H25NS/c1-3-9-30-24-38-35(21-28(30)7-1)36-22-29-8-2-4-10-31(29)25-39(36)43(38)33-18-15-26(16-19-33)32-17-20-40-37(23-32)34-13-5-11-27-12-6-14-41(44-40)42(27)34/h1-25H. The lowest BCUT2D eigenvalue weighted by atomic mass is 9.94. The summed E-state index contributed by atoms with van der Waals surface area (Å²) in [6.45, 7) is 0. The lowest BCUT2D eigenvalue weighted by Crippen LogP contribution is -1.95. The van der Waals surface area contributed by atoms with Gasteiger partial charge in [-0.05, 0) is 104 Å². The monoisotopic (exact) mass is 575 g/mol. The van der Waals surface area contributed by atoms with E-state index in [1.165, 1.54) is 91.9 Å². The van der Waals surface area contributed by atoms with Gasteiger partial charge >= 0.3 is 0 Å². The van der Waals surface area contributed by atoms with E-state index in [-0.39, 0.29) is 0 Å². The Balaban J connectivity index is 1.15. The quantitative estimate of drug-likeness (QED) is 0.198. The predicted molar refractivity (Wildman–Crippen MR) is 188 cm³/mol. The fourth-order valence-corrected chi connectivity index (χ4v) is 8.34. The SMILES string of the molecule is c1ccc2cc3c(cc2c1)c1cc2ccccc2cc1n3-c1ccc(-c2ccc3c(c2)-c2cccc4cccc(c24)S3)cc1. The van der Waals surface area contributed by atoms with Crippen LogP contribution in [0.3, 0.4) is 0 Å². The van der Waals surface area contributed by atoms with Crippen molar-refractivity contribution >= 4 is 65.9 Å². The number of rotatable bonds is 2. The van der Waals surface area contributed by atoms with E-state index in [4.69, 9.17) is 0 Å². The normalized spacial score (nSPS) is 12.5. The highest BCUT2D eigenvalue weighted by Crippen LogP contribution is 2.48. The highest BCUT2D eigenvalue weighted by Gasteiger charge is 2.20. The third kappa shape index (κ3) is 3.49. The zero-order chi connectivity index (χ0) is 28.8. The first kappa shape index (κ1) is 24.2. The van der Waals surface area contributed by atoms with E-state index >= 15 is 0 Å². The molecule has 0 atom stereocenters. The molecule has 1 aliphatic heterocycles. The summed E-state index contributed by atoms with van der Waals surface area (Å²) in [5.74, 6) is 0. The summed E-state index contributed by atoms with van der Waals surface area (Å²) in [7, 11) is 0. The van der Waals surface area contributed by atoms with Crippen molar-refractivity contribution < 1.29 is 0 Å². The van der Waals surface area contributed by atoms with Crippen molar-refractivity contribution in [3.8, 4) is 27.9 Å². The average Bonchev–Trinajstić information content (AvgIpc) is 3.38. The molecule has 0 spiro atoms. The maximum atomic E-state index is 2.44. The molecule has 1 aromatic heterocycles. The van der Waals surface area contributed by atoms with Crippen LogP contribution >= 0.6 is 11.8 Å². The van der Waals surface area contributed by atoms with E-state index < -0.39 is 0 Å². The average molecular weight is 576 g/mol. The Kier molecular flexibility index (Phi) is 5.00. The summed E-state index contributed by atoms with van der Waals surface area (Å²) in [6, 6.07) is 56.1. The van der Waals surface area contributed by atoms with Crippen LogP contribution in [-0.2, 0) is 0 Å². The van der Waals surface area contributed by atoms with E-state index in [2.05, 4.69) is 156 Å². The largest absolute Gasteiger partial charge is 0.309 e. The van der Waals surface area contributed by atoms with Gasteiger partial charge in [-0.2, -0.15) is 0 Å². The summed E-state index contributed by atoms with van der Waals surface area (Å²) < 4.78 is 2.44. The summed E-state index contributed by atoms with van der Waals surface area (Å²) in [4.78, 5) is 2.66. The Morgan fingerprint density at radius 1 is 0.386 bits per heavy atom. The van der Waals surface area contributed by atoms with Gasteiger partial charge in [-0.15, -0.1) is 0 Å². The van der Waals surface area contributed by atoms with Gasteiger partial charge in [0.05, 0.1) is 11.0 Å². The maximum absolute atomic E-state index is 2.44. The third-order valence-electron chi connectivity index (χ3n) is 9.31. The van der Waals surface area contributed by atoms with Crippen molar-refractivity contribution in [1.29, 1.82) is 0 Å². The van der Waals surface area contributed by atoms with Crippen molar-refractivity contribution in [3.63, 3.8) is 0 Å². The molecule has 1 nitrogen and oxygen atoms in total. The topological polar surface area (TPSA) is 4.93 Å². The molecule has 8 aromatic carbocycles. The van der Waals surface area contributed by atoms with E-state index in [1.54, 1.807) is 0 Å². The molecule has 204 valence electrons. The van der Waals surface area contributed by atoms with E-state index in [0.717, 1.165) is 0 Å². The molecule has 0 N–H and O–H groups in total. The Morgan fingerprint density at radius 3 is 1.61 bits per heavy atom. The molecule has 0 radical (unpaired) electrons. The number of aromatic nitrogens is 1. The van der Waals surface area contributed by atoms with Gasteiger partial charge in [-0.25, -0.2) is 0 Å². The van der Waals surface area contributed by atoms with Gasteiger partial charge in [0, 0.05) is 31.6 Å². The Labute approximate surface area is 259 Å². The lowest BCUT2D eigenvalue weighted by Gasteiger charge is -2.21. The predicted octanol–water partition coefficient (Wildman–Crippen LogP) is 12.0. The fraction of sp³-hybridized carbons (Fsp3) is 0. The van der Waals surface area contributed by atoms with Crippen molar-refractivity contribution in [3.05, 3.63) is 152 Å². The van der Waals surface area contributed by atoms with Gasteiger partial charge in [0.2, 0.25) is 0 Å². The summed E-state index contributed by atoms with van der Waals surface area (Å²) in [6.07, 6.45) is 0. The van der Waals surface area contributed by atoms with Gasteiger partial charge in [0.25, 0.3) is 0 Å². The van der Waals surface area contributed by atoms with Crippen molar-refractivity contribution in [2.24, 2.45) is 0 Å². The van der Waals surface area contributed by atoms with Gasteiger partial charge in [0.1, 0.15) is 0 Å². The molecule has 1 aliphatic rings. The zero-order valence-electron chi connectivity index (χ0n) is 23.8. The molecule has 2 heteroatoms. The van der Waals surface area contributed by atoms with Crippen molar-refractivity contribution in [2.45, 2.75) is 9.79 Å². The summed E-state index contributed by atoms with van der Waals surface area (Å²) >= 11 is 1.88. The van der Waals surface area contributed by atoms with Crippen LogP contribution in [-0.4, -0.2) is 4.57 Å². The molecule has 0 aliphatic carbocycles. The van der Waals surface area contributed by atoms with E-state index in [0.29, 0.717) is 0 Å². The highest BCUT2D eigenvalue weighted by molar-refractivity contribution is 7.99. The van der Waals surface area contributed by atoms with Crippen LogP contribution in [0.1, 0.15) is 0 Å². The molecule has 9 aromatic rings. The number of hydrogen-bond acceptors (Lipinski definition) is 1. The Morgan fingerprint density at radius 2 is 0.955 bits per heavy atom. The fourth-order valence-electron chi connectivity index (χ4n) is 7.21. The molecule has 0 fully saturated rings. The molecule has 0 saturated carbocycles. The second-order valence-corrected chi connectivity index (χ2v) is 12.9. The minimum Gasteiger partial charge on any atom is -0.309 e. The van der Waals surface area contributed by atoms with Crippen LogP contribution in [0.15, 0.2) is 161 Å². The number of benzene rings is 8. The Hall–Kier alpha value is -5.31. The van der Waals surface area contributed by atoms with Crippen molar-refractivity contribution in [2.75, 3.05) is 0 Å². The molecule has 0 bridgehead atoms. The van der Waals surface area contributed by atoms with E-state index in [9.17, 15) is 0 Å². The lowest BCUT2D eigenvalue weighted by molar-refractivity contribution is 1.18. The van der Waals surface area contributed by atoms with Gasteiger partial charge in [0.15, 0.2) is 0 Å². The van der Waals surface area contributed by atoms with Gasteiger partial charge in [-0.1, -0.05) is 109 Å². The van der Waals surface area contributed by atoms with Gasteiger partial charge in [-0.3, -0.25) is 0 Å². The molecule has 10 rings (SSSR count). The summed E-state index contributed by atoms with van der Waals surface area (Å²) in [5, 5.41) is 10.3. The molecule has 0 unspecified atom stereocenters.